The van der Waals surface area contributed by atoms with Crippen LogP contribution in [0.3, 0.4) is 0 Å². The molecule has 0 aliphatic rings. The van der Waals surface area contributed by atoms with Crippen LogP contribution in [0.1, 0.15) is 12.8 Å². The summed E-state index contributed by atoms with van der Waals surface area (Å²) in [6, 6.07) is 0. The van der Waals surface area contributed by atoms with E-state index in [4.69, 9.17) is 20.4 Å². The van der Waals surface area contributed by atoms with Crippen molar-refractivity contribution in [2.24, 2.45) is 0 Å². The Kier molecular flexibility index (Phi) is 9.45. The van der Waals surface area contributed by atoms with E-state index in [-0.39, 0.29) is 29.6 Å². The Morgan fingerprint density at radius 2 is 1.44 bits per heavy atom. The predicted molar refractivity (Wildman–Crippen MR) is 55.2 cm³/mol. The van der Waals surface area contributed by atoms with E-state index in [1.54, 1.807) is 0 Å². The summed E-state index contributed by atoms with van der Waals surface area (Å²) < 4.78 is 4.20. The minimum atomic E-state index is -2.03. The third-order valence-electron chi connectivity index (χ3n) is 1.55. The molecule has 0 aromatic rings. The number of carbonyl (C=O) groups excluding carboxylic acids is 1. The van der Waals surface area contributed by atoms with Crippen LogP contribution in [0.5, 0.6) is 0 Å². The normalized spacial score (nSPS) is 12.7. The van der Waals surface area contributed by atoms with E-state index >= 15 is 0 Å². The quantitative estimate of drug-likeness (QED) is 0.294. The first-order valence-corrected chi connectivity index (χ1v) is 4.29. The predicted octanol–water partition coefficient (Wildman–Crippen LogP) is -2.36. The van der Waals surface area contributed by atoms with E-state index in [1.165, 1.54) is 0 Å². The second kappa shape index (κ2) is 8.86. The zero-order valence-corrected chi connectivity index (χ0v) is 8.40. The van der Waals surface area contributed by atoms with Crippen molar-refractivity contribution >= 4 is 53.4 Å². The molecule has 0 spiro atoms. The van der Waals surface area contributed by atoms with Gasteiger partial charge in [0.05, 0.1) is 12.8 Å². The zero-order valence-electron chi connectivity index (χ0n) is 8.40. The molecule has 0 radical (unpaired) electrons. The summed E-state index contributed by atoms with van der Waals surface area (Å²) >= 11 is 0. The zero-order chi connectivity index (χ0) is 13.6. The van der Waals surface area contributed by atoms with Crippen LogP contribution in [0.15, 0.2) is 0 Å². The van der Waals surface area contributed by atoms with Gasteiger partial charge in [-0.1, -0.05) is 0 Å². The molecule has 0 aliphatic carbocycles. The first kappa shape index (κ1) is 19.2. The van der Waals surface area contributed by atoms with Gasteiger partial charge >= 0.3 is 53.4 Å². The van der Waals surface area contributed by atoms with Gasteiger partial charge in [-0.3, -0.25) is 9.59 Å². The number of aliphatic hydroxyl groups is 1. The summed E-state index contributed by atoms with van der Waals surface area (Å²) in [6.07, 6.45) is -5.86. The van der Waals surface area contributed by atoms with E-state index in [9.17, 15) is 19.2 Å². The molecule has 9 nitrogen and oxygen atoms in total. The summed E-state index contributed by atoms with van der Waals surface area (Å²) in [5.74, 6) is -6.16. The second-order valence-corrected chi connectivity index (χ2v) is 2.97. The fourth-order valence-corrected chi connectivity index (χ4v) is 0.790. The molecule has 0 heterocycles. The van der Waals surface area contributed by atoms with Crippen LogP contribution in [0.25, 0.3) is 0 Å². The van der Waals surface area contributed by atoms with Gasteiger partial charge in [-0.15, -0.1) is 0 Å². The molecule has 2 unspecified atom stereocenters. The summed E-state index contributed by atoms with van der Waals surface area (Å²) in [4.78, 5) is 41.8. The Hall–Kier alpha value is -1.16. The van der Waals surface area contributed by atoms with Gasteiger partial charge in [-0.25, -0.2) is 9.59 Å². The van der Waals surface area contributed by atoms with E-state index in [1.807, 2.05) is 0 Å². The molecule has 0 rings (SSSR count). The van der Waals surface area contributed by atoms with Gasteiger partial charge in [-0.2, -0.15) is 0 Å². The molecule has 0 aliphatic heterocycles. The summed E-state index contributed by atoms with van der Waals surface area (Å²) in [5.41, 5.74) is 0. The molecule has 0 saturated heterocycles. The van der Waals surface area contributed by atoms with Crippen LogP contribution in [0, 0.1) is 0 Å². The Morgan fingerprint density at radius 3 is 1.78 bits per heavy atom. The monoisotopic (exact) mass is 274 g/mol. The number of carboxylic acid groups (broad SMARTS) is 3. The number of rotatable bonds is 7. The average molecular weight is 274 g/mol. The van der Waals surface area contributed by atoms with Gasteiger partial charge in [0.2, 0.25) is 6.10 Å². The van der Waals surface area contributed by atoms with Crippen molar-refractivity contribution in [3.63, 3.8) is 0 Å². The molecule has 10 heteroatoms. The van der Waals surface area contributed by atoms with Crippen molar-refractivity contribution in [1.29, 1.82) is 0 Å². The van der Waals surface area contributed by atoms with Crippen molar-refractivity contribution in [3.05, 3.63) is 0 Å². The Labute approximate surface area is 123 Å². The third-order valence-corrected chi connectivity index (χ3v) is 1.55. The standard InChI is InChI=1S/C8H10O9.Na.H/c9-3(7(13)14)1-6(12)17-4(8(15)16)2-5(10)11;;/h3-4,9H,1-2H2,(H,10,11)(H,13,14)(H,15,16);;. The molecule has 0 amide bonds. The maximum atomic E-state index is 11.0. The number of aliphatic hydroxyl groups excluding tert-OH is 1. The fourth-order valence-electron chi connectivity index (χ4n) is 0.790. The molecule has 0 saturated carbocycles. The van der Waals surface area contributed by atoms with Crippen LogP contribution in [-0.2, 0) is 23.9 Å². The van der Waals surface area contributed by atoms with E-state index in [0.717, 1.165) is 0 Å². The average Bonchev–Trinajstić information content (AvgIpc) is 2.15. The Balaban J connectivity index is 0. The molecule has 2 atom stereocenters. The van der Waals surface area contributed by atoms with Crippen molar-refractivity contribution in [2.45, 2.75) is 25.0 Å². The summed E-state index contributed by atoms with van der Waals surface area (Å²) in [7, 11) is 0. The number of carboxylic acids is 3. The number of carbonyl (C=O) groups is 4. The Bertz CT molecular complexity index is 339. The topological polar surface area (TPSA) is 158 Å². The third kappa shape index (κ3) is 8.01. The number of esters is 1. The number of hydrogen-bond donors (Lipinski definition) is 4. The molecule has 0 aromatic heterocycles. The molecule has 0 bridgehead atoms. The van der Waals surface area contributed by atoms with Gasteiger partial charge in [0.15, 0.2) is 6.10 Å². The fraction of sp³-hybridized carbons (Fsp3) is 0.500. The second-order valence-electron chi connectivity index (χ2n) is 2.97. The maximum absolute atomic E-state index is 11.0. The van der Waals surface area contributed by atoms with Crippen LogP contribution in [0.4, 0.5) is 0 Å². The van der Waals surface area contributed by atoms with Gasteiger partial charge in [-0.05, 0) is 0 Å². The van der Waals surface area contributed by atoms with Crippen LogP contribution >= 0.6 is 0 Å². The van der Waals surface area contributed by atoms with Crippen LogP contribution < -0.4 is 0 Å². The van der Waals surface area contributed by atoms with Crippen molar-refractivity contribution in [2.75, 3.05) is 0 Å². The first-order chi connectivity index (χ1) is 7.73. The van der Waals surface area contributed by atoms with Gasteiger partial charge < -0.3 is 25.2 Å². The molecular weight excluding hydrogens is 263 g/mol. The number of aliphatic carboxylic acids is 3. The van der Waals surface area contributed by atoms with Gasteiger partial charge in [0.25, 0.3) is 0 Å². The van der Waals surface area contributed by atoms with Crippen LogP contribution in [0.2, 0.25) is 0 Å². The van der Waals surface area contributed by atoms with Gasteiger partial charge in [0.1, 0.15) is 0 Å². The molecule has 0 fully saturated rings. The molecule has 98 valence electrons. The van der Waals surface area contributed by atoms with E-state index < -0.39 is 48.9 Å². The summed E-state index contributed by atoms with van der Waals surface area (Å²) in [6.45, 7) is 0. The minimum absolute atomic E-state index is 0. The van der Waals surface area contributed by atoms with E-state index in [2.05, 4.69) is 4.74 Å². The van der Waals surface area contributed by atoms with Gasteiger partial charge in [0, 0.05) is 0 Å². The molecule has 18 heavy (non-hydrogen) atoms. The van der Waals surface area contributed by atoms with Crippen molar-refractivity contribution in [1.82, 2.24) is 0 Å². The molecule has 0 aromatic carbocycles. The molecule has 4 N–H and O–H groups in total. The van der Waals surface area contributed by atoms with Crippen molar-refractivity contribution in [3.8, 4) is 0 Å². The van der Waals surface area contributed by atoms with E-state index in [0.29, 0.717) is 0 Å². The SMILES string of the molecule is O=C(O)CC(OC(=O)CC(O)C(=O)O)C(=O)O.[NaH]. The number of ether oxygens (including phenoxy) is 1. The van der Waals surface area contributed by atoms with Crippen LogP contribution in [-0.4, -0.2) is 86.1 Å². The first-order valence-electron chi connectivity index (χ1n) is 4.29. The molecular formula is C8H11NaO9. The van der Waals surface area contributed by atoms with Crippen molar-refractivity contribution < 1.29 is 44.3 Å². The summed E-state index contributed by atoms with van der Waals surface area (Å²) in [5, 5.41) is 33.8. The Morgan fingerprint density at radius 1 is 0.944 bits per heavy atom. The number of hydrogen-bond acceptors (Lipinski definition) is 6.